The number of hydrogen-bond acceptors (Lipinski definition) is 5. The molecule has 142 valence electrons. The van der Waals surface area contributed by atoms with Crippen molar-refractivity contribution >= 4 is 43.3 Å². The molecular formula is C16H12BrFN7O2S+. The first-order chi connectivity index (χ1) is 13.4. The maximum Gasteiger partial charge on any atom is 0.336 e. The molecule has 0 spiro atoms. The normalized spacial score (nSPS) is 11.5. The highest BCUT2D eigenvalue weighted by atomic mass is 79.9. The highest BCUT2D eigenvalue weighted by Crippen LogP contribution is 2.21. The molecule has 4 aromatic rings. The first kappa shape index (κ1) is 18.3. The predicted octanol–water partition coefficient (Wildman–Crippen LogP) is 2.07. The fraction of sp³-hybridized carbons (Fsp3) is 0. The van der Waals surface area contributed by atoms with E-state index in [1.165, 1.54) is 58.1 Å². The van der Waals surface area contributed by atoms with Crippen molar-refractivity contribution in [1.82, 2.24) is 19.6 Å². The highest BCUT2D eigenvalue weighted by molar-refractivity contribution is 9.10. The lowest BCUT2D eigenvalue weighted by atomic mass is 10.4. The van der Waals surface area contributed by atoms with Gasteiger partial charge in [0, 0.05) is 18.5 Å². The summed E-state index contributed by atoms with van der Waals surface area (Å²) in [5, 5.41) is 4.11. The van der Waals surface area contributed by atoms with Crippen molar-refractivity contribution in [3.8, 4) is 5.82 Å². The van der Waals surface area contributed by atoms with Crippen molar-refractivity contribution in [2.75, 3.05) is 9.44 Å². The number of nitrogens with zero attached hydrogens (tertiary/aromatic N) is 5. The number of aromatic nitrogens is 5. The number of hydrogen-bond donors (Lipinski definition) is 2. The van der Waals surface area contributed by atoms with E-state index in [2.05, 4.69) is 40.4 Å². The molecule has 0 fully saturated rings. The standard InChI is InChI=1S/C16H12BrFN7O2S/c17-12-10-20-25-15(23-28(26,27)22-11-4-6-19-7-5-11)9-14(21-16(12)25)24-8-2-1-3-13(24)18/h1-10,23H,(H,19,22)/q+1. The first-order valence-corrected chi connectivity index (χ1v) is 10.1. The minimum absolute atomic E-state index is 0.0722. The molecule has 0 aromatic carbocycles. The Morgan fingerprint density at radius 1 is 1.14 bits per heavy atom. The van der Waals surface area contributed by atoms with E-state index in [0.717, 1.165) is 0 Å². The van der Waals surface area contributed by atoms with Gasteiger partial charge in [-0.05, 0) is 39.1 Å². The van der Waals surface area contributed by atoms with Crippen molar-refractivity contribution in [2.24, 2.45) is 0 Å². The Hall–Kier alpha value is -3.12. The maximum atomic E-state index is 14.2. The second-order valence-electron chi connectivity index (χ2n) is 5.56. The average Bonchev–Trinajstić information content (AvgIpc) is 3.03. The second-order valence-corrected chi connectivity index (χ2v) is 7.83. The molecule has 0 saturated heterocycles. The van der Waals surface area contributed by atoms with Crippen molar-refractivity contribution in [3.63, 3.8) is 0 Å². The van der Waals surface area contributed by atoms with E-state index in [1.54, 1.807) is 12.1 Å². The number of halogens is 2. The number of rotatable bonds is 5. The molecule has 0 atom stereocenters. The summed E-state index contributed by atoms with van der Waals surface area (Å²) < 4.78 is 47.0. The quantitative estimate of drug-likeness (QED) is 0.347. The van der Waals surface area contributed by atoms with Gasteiger partial charge in [-0.3, -0.25) is 9.71 Å². The Labute approximate surface area is 167 Å². The molecule has 0 aliphatic heterocycles. The Morgan fingerprint density at radius 2 is 1.93 bits per heavy atom. The van der Waals surface area contributed by atoms with Gasteiger partial charge < -0.3 is 0 Å². The van der Waals surface area contributed by atoms with Gasteiger partial charge in [-0.15, -0.1) is 0 Å². The summed E-state index contributed by atoms with van der Waals surface area (Å²) in [6, 6.07) is 8.84. The van der Waals surface area contributed by atoms with Gasteiger partial charge in [0.1, 0.15) is 4.47 Å². The minimum Gasteiger partial charge on any atom is -0.267 e. The summed E-state index contributed by atoms with van der Waals surface area (Å²) in [4.78, 5) is 8.19. The lowest BCUT2D eigenvalue weighted by molar-refractivity contribution is -0.631. The van der Waals surface area contributed by atoms with Crippen LogP contribution in [0.1, 0.15) is 0 Å². The Bertz CT molecular complexity index is 1260. The fourth-order valence-corrected chi connectivity index (χ4v) is 3.73. The van der Waals surface area contributed by atoms with Gasteiger partial charge in [0.2, 0.25) is 0 Å². The van der Waals surface area contributed by atoms with Crippen molar-refractivity contribution < 1.29 is 17.4 Å². The zero-order chi connectivity index (χ0) is 19.7. The number of pyridine rings is 2. The molecular weight excluding hydrogens is 453 g/mol. The number of fused-ring (bicyclic) bond motifs is 1. The molecule has 9 nitrogen and oxygen atoms in total. The molecule has 0 unspecified atom stereocenters. The van der Waals surface area contributed by atoms with Gasteiger partial charge in [0.15, 0.2) is 5.82 Å². The van der Waals surface area contributed by atoms with E-state index in [9.17, 15) is 12.8 Å². The van der Waals surface area contributed by atoms with Crippen LogP contribution in [-0.4, -0.2) is 28.0 Å². The Balaban J connectivity index is 1.79. The van der Waals surface area contributed by atoms with Crippen LogP contribution in [0.3, 0.4) is 0 Å². The van der Waals surface area contributed by atoms with Gasteiger partial charge in [-0.25, -0.2) is 4.72 Å². The zero-order valence-electron chi connectivity index (χ0n) is 14.0. The molecule has 0 aliphatic carbocycles. The molecule has 12 heteroatoms. The Morgan fingerprint density at radius 3 is 2.68 bits per heavy atom. The SMILES string of the molecule is O=S(=O)(Nc1ccncc1)Nc1cc(-[n+]2ccccc2F)nc2c(Br)cnn12. The lowest BCUT2D eigenvalue weighted by Crippen LogP contribution is -2.36. The highest BCUT2D eigenvalue weighted by Gasteiger charge is 2.23. The van der Waals surface area contributed by atoms with Gasteiger partial charge in [-0.2, -0.15) is 27.0 Å². The van der Waals surface area contributed by atoms with Crippen molar-refractivity contribution in [2.45, 2.75) is 0 Å². The molecule has 4 rings (SSSR count). The van der Waals surface area contributed by atoms with E-state index in [-0.39, 0.29) is 11.6 Å². The van der Waals surface area contributed by atoms with Crippen LogP contribution in [0.2, 0.25) is 0 Å². The van der Waals surface area contributed by atoms with Crippen LogP contribution in [0.15, 0.2) is 65.7 Å². The minimum atomic E-state index is -4.01. The smallest absolute Gasteiger partial charge is 0.267 e. The number of nitrogens with one attached hydrogen (secondary N) is 2. The fourth-order valence-electron chi connectivity index (χ4n) is 2.47. The summed E-state index contributed by atoms with van der Waals surface area (Å²) in [7, 11) is -4.01. The third kappa shape index (κ3) is 3.64. The first-order valence-electron chi connectivity index (χ1n) is 7.84. The third-order valence-electron chi connectivity index (χ3n) is 3.64. The van der Waals surface area contributed by atoms with Crippen LogP contribution < -0.4 is 14.0 Å². The van der Waals surface area contributed by atoms with Gasteiger partial charge in [0.05, 0.1) is 24.1 Å². The summed E-state index contributed by atoms with van der Waals surface area (Å²) in [6.07, 6.45) is 5.86. The van der Waals surface area contributed by atoms with E-state index in [0.29, 0.717) is 15.8 Å². The van der Waals surface area contributed by atoms with Crippen LogP contribution in [0.4, 0.5) is 15.9 Å². The molecule has 0 amide bonds. The van der Waals surface area contributed by atoms with Crippen LogP contribution >= 0.6 is 15.9 Å². The molecule has 0 aliphatic rings. The summed E-state index contributed by atoms with van der Waals surface area (Å²) in [6.45, 7) is 0. The molecule has 4 aromatic heterocycles. The van der Waals surface area contributed by atoms with Crippen molar-refractivity contribution in [3.05, 3.63) is 71.6 Å². The third-order valence-corrected chi connectivity index (χ3v) is 5.19. The van der Waals surface area contributed by atoms with Crippen molar-refractivity contribution in [1.29, 1.82) is 0 Å². The van der Waals surface area contributed by atoms with Gasteiger partial charge in [-0.1, -0.05) is 6.07 Å². The topological polar surface area (TPSA) is 105 Å². The molecule has 4 heterocycles. The largest absolute Gasteiger partial charge is 0.336 e. The van der Waals surface area contributed by atoms with E-state index in [4.69, 9.17) is 0 Å². The summed E-state index contributed by atoms with van der Waals surface area (Å²) in [5.74, 6) is -0.310. The molecule has 0 saturated carbocycles. The second kappa shape index (κ2) is 7.13. The van der Waals surface area contributed by atoms with Gasteiger partial charge >= 0.3 is 16.0 Å². The molecule has 0 bridgehead atoms. The predicted molar refractivity (Wildman–Crippen MR) is 103 cm³/mol. The summed E-state index contributed by atoms with van der Waals surface area (Å²) in [5.41, 5.74) is 0.646. The molecule has 28 heavy (non-hydrogen) atoms. The summed E-state index contributed by atoms with van der Waals surface area (Å²) >= 11 is 3.31. The number of anilines is 2. The van der Waals surface area contributed by atoms with E-state index in [1.807, 2.05) is 0 Å². The van der Waals surface area contributed by atoms with E-state index >= 15 is 0 Å². The van der Waals surface area contributed by atoms with Crippen LogP contribution in [0, 0.1) is 5.95 Å². The van der Waals surface area contributed by atoms with E-state index < -0.39 is 16.2 Å². The van der Waals surface area contributed by atoms with Crippen LogP contribution in [0.5, 0.6) is 0 Å². The van der Waals surface area contributed by atoms with Crippen LogP contribution in [0.25, 0.3) is 11.5 Å². The lowest BCUT2D eigenvalue weighted by Gasteiger charge is -2.10. The maximum absolute atomic E-state index is 14.2. The molecule has 2 N–H and O–H groups in total. The Kier molecular flexibility index (Phi) is 4.65. The molecule has 0 radical (unpaired) electrons. The van der Waals surface area contributed by atoms with Crippen LogP contribution in [-0.2, 0) is 10.2 Å². The monoisotopic (exact) mass is 464 g/mol. The van der Waals surface area contributed by atoms with Gasteiger partial charge in [0.25, 0.3) is 11.6 Å². The zero-order valence-corrected chi connectivity index (χ0v) is 16.4. The average molecular weight is 465 g/mol.